The standard InChI is InChI=1S/C21H28O6/c1-12-17-14(18(25)13(2)21(12)8-9-21)10-20(3,11-22)19(17)27-16(24)7-5-6-15(23)26-4/h10,13,19,22H,5-9,11H2,1-4H3/t13-,19?,20?/m1/s1. The first kappa shape index (κ1) is 19.8. The van der Waals surface area contributed by atoms with Crippen molar-refractivity contribution in [2.24, 2.45) is 16.7 Å². The predicted molar refractivity (Wildman–Crippen MR) is 97.6 cm³/mol. The van der Waals surface area contributed by atoms with Crippen molar-refractivity contribution < 1.29 is 29.0 Å². The zero-order valence-electron chi connectivity index (χ0n) is 16.5. The lowest BCUT2D eigenvalue weighted by Crippen LogP contribution is -2.39. The second-order valence-electron chi connectivity index (χ2n) is 8.30. The summed E-state index contributed by atoms with van der Waals surface area (Å²) in [6.45, 7) is 5.59. The molecule has 3 aliphatic carbocycles. The molecular weight excluding hydrogens is 348 g/mol. The van der Waals surface area contributed by atoms with E-state index < -0.39 is 17.5 Å². The van der Waals surface area contributed by atoms with Crippen LogP contribution in [0.4, 0.5) is 0 Å². The van der Waals surface area contributed by atoms with Crippen molar-refractivity contribution in [1.82, 2.24) is 0 Å². The molecule has 0 aromatic rings. The zero-order chi connectivity index (χ0) is 20.0. The normalized spacial score (nSPS) is 30.9. The van der Waals surface area contributed by atoms with Crippen molar-refractivity contribution in [2.45, 2.75) is 59.0 Å². The van der Waals surface area contributed by atoms with Gasteiger partial charge in [0.2, 0.25) is 0 Å². The van der Waals surface area contributed by atoms with E-state index in [-0.39, 0.29) is 42.5 Å². The molecule has 0 aliphatic heterocycles. The number of carbonyl (C=O) groups excluding carboxylic acids is 3. The molecule has 1 spiro atoms. The van der Waals surface area contributed by atoms with Gasteiger partial charge in [0.25, 0.3) is 0 Å². The quantitative estimate of drug-likeness (QED) is 0.717. The van der Waals surface area contributed by atoms with Gasteiger partial charge in [-0.2, -0.15) is 0 Å². The van der Waals surface area contributed by atoms with Gasteiger partial charge in [-0.1, -0.05) is 18.6 Å². The predicted octanol–water partition coefficient (Wildman–Crippen LogP) is 2.50. The number of aliphatic hydroxyl groups excluding tert-OH is 1. The third-order valence-corrected chi connectivity index (χ3v) is 6.63. The van der Waals surface area contributed by atoms with Gasteiger partial charge in [0.15, 0.2) is 5.78 Å². The topological polar surface area (TPSA) is 89.9 Å². The number of Topliss-reactive ketones (excluding diaryl/α,β-unsaturated/α-hetero) is 1. The monoisotopic (exact) mass is 376 g/mol. The summed E-state index contributed by atoms with van der Waals surface area (Å²) in [6.07, 6.45) is 3.63. The Bertz CT molecular complexity index is 742. The summed E-state index contributed by atoms with van der Waals surface area (Å²) in [7, 11) is 1.31. The van der Waals surface area contributed by atoms with Crippen LogP contribution in [-0.4, -0.2) is 42.6 Å². The highest BCUT2D eigenvalue weighted by Gasteiger charge is 2.60. The fourth-order valence-corrected chi connectivity index (χ4v) is 4.57. The minimum Gasteiger partial charge on any atom is -0.469 e. The lowest BCUT2D eigenvalue weighted by Gasteiger charge is -2.35. The van der Waals surface area contributed by atoms with E-state index in [4.69, 9.17) is 4.74 Å². The molecule has 0 amide bonds. The van der Waals surface area contributed by atoms with Gasteiger partial charge in [-0.25, -0.2) is 0 Å². The lowest BCUT2D eigenvalue weighted by molar-refractivity contribution is -0.152. The first-order valence-electron chi connectivity index (χ1n) is 9.56. The van der Waals surface area contributed by atoms with E-state index in [1.54, 1.807) is 6.08 Å². The molecule has 3 aliphatic rings. The fourth-order valence-electron chi connectivity index (χ4n) is 4.57. The van der Waals surface area contributed by atoms with Crippen molar-refractivity contribution in [3.05, 3.63) is 22.8 Å². The number of aliphatic hydroxyl groups is 1. The molecule has 0 heterocycles. The van der Waals surface area contributed by atoms with Crippen molar-refractivity contribution in [1.29, 1.82) is 0 Å². The van der Waals surface area contributed by atoms with Gasteiger partial charge in [0.05, 0.1) is 19.1 Å². The SMILES string of the molecule is COC(=O)CCCC(=O)OC1C2=C(C)C3(CC3)[C@H](C)C(=O)C2=CC1(C)CO. The van der Waals surface area contributed by atoms with Crippen LogP contribution in [0.2, 0.25) is 0 Å². The Balaban J connectivity index is 1.84. The smallest absolute Gasteiger partial charge is 0.306 e. The molecule has 148 valence electrons. The summed E-state index contributed by atoms with van der Waals surface area (Å²) in [5, 5.41) is 9.99. The van der Waals surface area contributed by atoms with Crippen molar-refractivity contribution in [2.75, 3.05) is 13.7 Å². The minimum atomic E-state index is -0.820. The van der Waals surface area contributed by atoms with Crippen LogP contribution in [0.1, 0.15) is 52.9 Å². The third kappa shape index (κ3) is 3.14. The fraction of sp³-hybridized carbons (Fsp3) is 0.667. The second-order valence-corrected chi connectivity index (χ2v) is 8.30. The second kappa shape index (κ2) is 6.89. The Morgan fingerprint density at radius 2 is 1.89 bits per heavy atom. The number of fused-ring (bicyclic) bond motifs is 1. The Kier molecular flexibility index (Phi) is 5.06. The number of hydrogen-bond donors (Lipinski definition) is 1. The van der Waals surface area contributed by atoms with Crippen LogP contribution in [0.3, 0.4) is 0 Å². The Labute approximate surface area is 159 Å². The maximum atomic E-state index is 12.9. The molecule has 1 N–H and O–H groups in total. The van der Waals surface area contributed by atoms with E-state index in [0.29, 0.717) is 12.0 Å². The number of rotatable bonds is 6. The van der Waals surface area contributed by atoms with Crippen LogP contribution < -0.4 is 0 Å². The van der Waals surface area contributed by atoms with Gasteiger partial charge in [0.1, 0.15) is 6.10 Å². The number of hydrogen-bond acceptors (Lipinski definition) is 6. The summed E-state index contributed by atoms with van der Waals surface area (Å²) in [5.41, 5.74) is 1.57. The lowest BCUT2D eigenvalue weighted by atomic mass is 9.70. The van der Waals surface area contributed by atoms with Crippen LogP contribution in [-0.2, 0) is 23.9 Å². The van der Waals surface area contributed by atoms with Crippen LogP contribution >= 0.6 is 0 Å². The number of esters is 2. The van der Waals surface area contributed by atoms with Gasteiger partial charge in [0, 0.05) is 35.3 Å². The summed E-state index contributed by atoms with van der Waals surface area (Å²) < 4.78 is 10.3. The Morgan fingerprint density at radius 3 is 2.44 bits per heavy atom. The minimum absolute atomic E-state index is 0.0787. The highest BCUT2D eigenvalue weighted by molar-refractivity contribution is 6.05. The highest BCUT2D eigenvalue weighted by Crippen LogP contribution is 2.64. The molecule has 0 saturated heterocycles. The van der Waals surface area contributed by atoms with E-state index in [2.05, 4.69) is 4.74 Å². The molecule has 3 atom stereocenters. The average Bonchev–Trinajstić information content (AvgIpc) is 3.40. The van der Waals surface area contributed by atoms with Crippen molar-refractivity contribution in [3.63, 3.8) is 0 Å². The summed E-state index contributed by atoms with van der Waals surface area (Å²) in [4.78, 5) is 36.5. The molecule has 0 aromatic heterocycles. The summed E-state index contributed by atoms with van der Waals surface area (Å²) >= 11 is 0. The molecule has 0 radical (unpaired) electrons. The molecule has 3 rings (SSSR count). The molecule has 6 heteroatoms. The number of ketones is 1. The van der Waals surface area contributed by atoms with Gasteiger partial charge >= 0.3 is 11.9 Å². The number of carbonyl (C=O) groups is 3. The molecule has 0 bridgehead atoms. The van der Waals surface area contributed by atoms with Gasteiger partial charge in [-0.05, 0) is 33.1 Å². The number of allylic oxidation sites excluding steroid dienone is 1. The van der Waals surface area contributed by atoms with E-state index in [1.807, 2.05) is 20.8 Å². The average molecular weight is 376 g/mol. The molecule has 2 unspecified atom stereocenters. The molecule has 1 fully saturated rings. The van der Waals surface area contributed by atoms with E-state index in [9.17, 15) is 19.5 Å². The van der Waals surface area contributed by atoms with E-state index >= 15 is 0 Å². The molecular formula is C21H28O6. The zero-order valence-corrected chi connectivity index (χ0v) is 16.5. The first-order chi connectivity index (χ1) is 12.7. The number of ether oxygens (including phenoxy) is 2. The van der Waals surface area contributed by atoms with E-state index in [1.165, 1.54) is 7.11 Å². The maximum absolute atomic E-state index is 12.9. The Morgan fingerprint density at radius 1 is 1.26 bits per heavy atom. The Hall–Kier alpha value is -1.95. The van der Waals surface area contributed by atoms with Gasteiger partial charge < -0.3 is 14.6 Å². The first-order valence-corrected chi connectivity index (χ1v) is 9.56. The van der Waals surface area contributed by atoms with Crippen LogP contribution in [0, 0.1) is 16.7 Å². The molecule has 6 nitrogen and oxygen atoms in total. The molecule has 0 aromatic carbocycles. The highest BCUT2D eigenvalue weighted by atomic mass is 16.5. The number of methoxy groups -OCH3 is 1. The molecule has 1 saturated carbocycles. The van der Waals surface area contributed by atoms with Crippen molar-refractivity contribution in [3.8, 4) is 0 Å². The third-order valence-electron chi connectivity index (χ3n) is 6.63. The van der Waals surface area contributed by atoms with Gasteiger partial charge in [-0.15, -0.1) is 0 Å². The van der Waals surface area contributed by atoms with Crippen LogP contribution in [0.15, 0.2) is 22.8 Å². The van der Waals surface area contributed by atoms with Crippen LogP contribution in [0.5, 0.6) is 0 Å². The maximum Gasteiger partial charge on any atom is 0.306 e. The van der Waals surface area contributed by atoms with E-state index in [0.717, 1.165) is 24.0 Å². The largest absolute Gasteiger partial charge is 0.469 e. The summed E-state index contributed by atoms with van der Waals surface area (Å²) in [5.74, 6) is -0.801. The molecule has 27 heavy (non-hydrogen) atoms. The van der Waals surface area contributed by atoms with Crippen molar-refractivity contribution >= 4 is 17.7 Å². The van der Waals surface area contributed by atoms with Crippen LogP contribution in [0.25, 0.3) is 0 Å². The van der Waals surface area contributed by atoms with Gasteiger partial charge in [-0.3, -0.25) is 14.4 Å². The summed E-state index contributed by atoms with van der Waals surface area (Å²) in [6, 6.07) is 0.